The first-order chi connectivity index (χ1) is 14.3. The van der Waals surface area contributed by atoms with Crippen LogP contribution < -0.4 is 5.32 Å². The minimum Gasteiger partial charge on any atom is -0.468 e. The highest BCUT2D eigenvalue weighted by Crippen LogP contribution is 2.32. The second-order valence-electron chi connectivity index (χ2n) is 8.59. The smallest absolute Gasteiger partial charge is 0.323 e. The van der Waals surface area contributed by atoms with Gasteiger partial charge in [-0.05, 0) is 40.5 Å². The number of rotatable bonds is 6. The first kappa shape index (κ1) is 22.0. The van der Waals surface area contributed by atoms with Crippen molar-refractivity contribution in [3.8, 4) is 0 Å². The summed E-state index contributed by atoms with van der Waals surface area (Å²) in [6.45, 7) is 9.20. The normalized spacial score (nSPS) is 16.4. The standard InChI is InChI=1S/C25H32N2O3/c1-16(2)20-11-8-12-21(17(3)4)24(20)26-23(28)15-27-14-19-10-7-6-9-18(19)13-22(27)25(29)30-5/h6-12,16-17,22H,13-15H2,1-5H3,(H,26,28)/t22-/m0/s1. The Bertz CT molecular complexity index is 894. The van der Waals surface area contributed by atoms with Crippen molar-refractivity contribution in [3.63, 3.8) is 0 Å². The predicted octanol–water partition coefficient (Wildman–Crippen LogP) is 4.47. The molecule has 1 atom stereocenters. The van der Waals surface area contributed by atoms with E-state index in [1.54, 1.807) is 0 Å². The van der Waals surface area contributed by atoms with Crippen LogP contribution in [0.2, 0.25) is 0 Å². The topological polar surface area (TPSA) is 58.6 Å². The van der Waals surface area contributed by atoms with Gasteiger partial charge < -0.3 is 10.1 Å². The number of methoxy groups -OCH3 is 1. The molecule has 160 valence electrons. The van der Waals surface area contributed by atoms with Gasteiger partial charge in [0.15, 0.2) is 0 Å². The summed E-state index contributed by atoms with van der Waals surface area (Å²) in [4.78, 5) is 27.4. The monoisotopic (exact) mass is 408 g/mol. The third kappa shape index (κ3) is 4.73. The van der Waals surface area contributed by atoms with Crippen molar-refractivity contribution in [3.05, 3.63) is 64.7 Å². The third-order valence-electron chi connectivity index (χ3n) is 5.80. The summed E-state index contributed by atoms with van der Waals surface area (Å²) < 4.78 is 5.02. The number of nitrogens with one attached hydrogen (secondary N) is 1. The lowest BCUT2D eigenvalue weighted by Gasteiger charge is -2.34. The van der Waals surface area contributed by atoms with Gasteiger partial charge >= 0.3 is 5.97 Å². The summed E-state index contributed by atoms with van der Waals surface area (Å²) in [7, 11) is 1.40. The molecular formula is C25H32N2O3. The highest BCUT2D eigenvalue weighted by atomic mass is 16.5. The second-order valence-corrected chi connectivity index (χ2v) is 8.59. The maximum Gasteiger partial charge on any atom is 0.323 e. The van der Waals surface area contributed by atoms with Gasteiger partial charge in [-0.3, -0.25) is 14.5 Å². The van der Waals surface area contributed by atoms with Gasteiger partial charge in [0.2, 0.25) is 5.91 Å². The molecule has 0 radical (unpaired) electrons. The van der Waals surface area contributed by atoms with Crippen LogP contribution in [0.1, 0.15) is 61.8 Å². The zero-order chi connectivity index (χ0) is 21.8. The number of hydrogen-bond donors (Lipinski definition) is 1. The average molecular weight is 409 g/mol. The molecule has 0 unspecified atom stereocenters. The molecule has 0 saturated carbocycles. The van der Waals surface area contributed by atoms with Gasteiger partial charge in [0.1, 0.15) is 6.04 Å². The van der Waals surface area contributed by atoms with Crippen LogP contribution in [0.3, 0.4) is 0 Å². The number of carbonyl (C=O) groups excluding carboxylic acids is 2. The van der Waals surface area contributed by atoms with Gasteiger partial charge in [-0.2, -0.15) is 0 Å². The fourth-order valence-corrected chi connectivity index (χ4v) is 4.17. The molecule has 0 spiro atoms. The fraction of sp³-hybridized carbons (Fsp3) is 0.440. The van der Waals surface area contributed by atoms with Crippen LogP contribution in [0.15, 0.2) is 42.5 Å². The summed E-state index contributed by atoms with van der Waals surface area (Å²) >= 11 is 0. The van der Waals surface area contributed by atoms with Crippen LogP contribution in [0.25, 0.3) is 0 Å². The summed E-state index contributed by atoms with van der Waals surface area (Å²) in [6, 6.07) is 13.8. The van der Waals surface area contributed by atoms with Crippen LogP contribution in [0.4, 0.5) is 5.69 Å². The van der Waals surface area contributed by atoms with Crippen LogP contribution in [-0.2, 0) is 27.3 Å². The molecule has 1 N–H and O–H groups in total. The van der Waals surface area contributed by atoms with E-state index in [4.69, 9.17) is 4.74 Å². The zero-order valence-electron chi connectivity index (χ0n) is 18.6. The Balaban J connectivity index is 1.84. The molecule has 0 fully saturated rings. The number of benzene rings is 2. The Hall–Kier alpha value is -2.66. The predicted molar refractivity (Wildman–Crippen MR) is 120 cm³/mol. The van der Waals surface area contributed by atoms with E-state index in [0.717, 1.165) is 27.9 Å². The molecule has 30 heavy (non-hydrogen) atoms. The molecule has 2 aromatic rings. The van der Waals surface area contributed by atoms with Crippen molar-refractivity contribution < 1.29 is 14.3 Å². The number of amides is 1. The molecule has 3 rings (SSSR count). The van der Waals surface area contributed by atoms with Crippen molar-refractivity contribution in [2.45, 2.75) is 58.5 Å². The number of nitrogens with zero attached hydrogens (tertiary/aromatic N) is 1. The molecule has 1 amide bonds. The second kappa shape index (κ2) is 9.43. The molecule has 0 aliphatic carbocycles. The van der Waals surface area contributed by atoms with E-state index < -0.39 is 6.04 Å². The number of ether oxygens (including phenoxy) is 1. The van der Waals surface area contributed by atoms with Crippen molar-refractivity contribution in [1.29, 1.82) is 0 Å². The van der Waals surface area contributed by atoms with E-state index in [-0.39, 0.29) is 18.4 Å². The quantitative estimate of drug-likeness (QED) is 0.717. The van der Waals surface area contributed by atoms with Crippen LogP contribution in [0, 0.1) is 0 Å². The Labute approximate surface area is 179 Å². The van der Waals surface area contributed by atoms with Crippen LogP contribution in [-0.4, -0.2) is 36.5 Å². The molecule has 2 aromatic carbocycles. The summed E-state index contributed by atoms with van der Waals surface area (Å²) in [5, 5.41) is 3.16. The minimum absolute atomic E-state index is 0.113. The largest absolute Gasteiger partial charge is 0.468 e. The van der Waals surface area contributed by atoms with Gasteiger partial charge in [-0.1, -0.05) is 70.2 Å². The molecule has 1 aliphatic rings. The van der Waals surface area contributed by atoms with Crippen molar-refractivity contribution in [2.24, 2.45) is 0 Å². The molecular weight excluding hydrogens is 376 g/mol. The first-order valence-corrected chi connectivity index (χ1v) is 10.6. The van der Waals surface area contributed by atoms with Gasteiger partial charge in [0.25, 0.3) is 0 Å². The SMILES string of the molecule is COC(=O)[C@@H]1Cc2ccccc2CN1CC(=O)Nc1c(C(C)C)cccc1C(C)C. The average Bonchev–Trinajstić information content (AvgIpc) is 2.72. The summed E-state index contributed by atoms with van der Waals surface area (Å²) in [5.74, 6) is 0.174. The Kier molecular flexibility index (Phi) is 6.93. The summed E-state index contributed by atoms with van der Waals surface area (Å²) in [5.41, 5.74) is 5.44. The number of para-hydroxylation sites is 1. The Morgan fingerprint density at radius 1 is 1.00 bits per heavy atom. The molecule has 1 heterocycles. The molecule has 0 saturated heterocycles. The van der Waals surface area contributed by atoms with Gasteiger partial charge in [-0.25, -0.2) is 0 Å². The van der Waals surface area contributed by atoms with Gasteiger partial charge in [0.05, 0.1) is 13.7 Å². The highest BCUT2D eigenvalue weighted by molar-refractivity contribution is 5.94. The third-order valence-corrected chi connectivity index (χ3v) is 5.80. The lowest BCUT2D eigenvalue weighted by Crippen LogP contribution is -2.49. The van der Waals surface area contributed by atoms with Gasteiger partial charge in [-0.15, -0.1) is 0 Å². The van der Waals surface area contributed by atoms with Gasteiger partial charge in [0, 0.05) is 12.2 Å². The van der Waals surface area contributed by atoms with E-state index >= 15 is 0 Å². The van der Waals surface area contributed by atoms with E-state index in [2.05, 4.69) is 57.3 Å². The van der Waals surface area contributed by atoms with Crippen molar-refractivity contribution >= 4 is 17.6 Å². The number of carbonyl (C=O) groups is 2. The van der Waals surface area contributed by atoms with Crippen LogP contribution in [0.5, 0.6) is 0 Å². The lowest BCUT2D eigenvalue weighted by atomic mass is 9.92. The number of esters is 1. The summed E-state index contributed by atoms with van der Waals surface area (Å²) in [6.07, 6.45) is 0.552. The number of fused-ring (bicyclic) bond motifs is 1. The van der Waals surface area contributed by atoms with Crippen molar-refractivity contribution in [2.75, 3.05) is 19.0 Å². The molecule has 0 bridgehead atoms. The molecule has 1 aliphatic heterocycles. The maximum absolute atomic E-state index is 13.1. The molecule has 5 nitrogen and oxygen atoms in total. The van der Waals surface area contributed by atoms with Crippen molar-refractivity contribution in [1.82, 2.24) is 4.90 Å². The highest BCUT2D eigenvalue weighted by Gasteiger charge is 2.33. The zero-order valence-corrected chi connectivity index (χ0v) is 18.6. The van der Waals surface area contributed by atoms with E-state index in [1.165, 1.54) is 7.11 Å². The first-order valence-electron chi connectivity index (χ1n) is 10.6. The lowest BCUT2D eigenvalue weighted by molar-refractivity contribution is -0.148. The van der Waals surface area contributed by atoms with E-state index in [1.807, 2.05) is 23.1 Å². The maximum atomic E-state index is 13.1. The van der Waals surface area contributed by atoms with Crippen LogP contribution >= 0.6 is 0 Å². The fourth-order valence-electron chi connectivity index (χ4n) is 4.17. The van der Waals surface area contributed by atoms with E-state index in [0.29, 0.717) is 24.8 Å². The number of hydrogen-bond acceptors (Lipinski definition) is 4. The van der Waals surface area contributed by atoms with E-state index in [9.17, 15) is 9.59 Å². The Morgan fingerprint density at radius 2 is 1.60 bits per heavy atom. The molecule has 5 heteroatoms. The number of anilines is 1. The minimum atomic E-state index is -0.458. The molecule has 0 aromatic heterocycles. The Morgan fingerprint density at radius 3 is 2.17 bits per heavy atom.